The van der Waals surface area contributed by atoms with Crippen molar-refractivity contribution in [3.63, 3.8) is 0 Å². The fraction of sp³-hybridized carbons (Fsp3) is 0.235. The number of likely N-dealkylation sites (N-methyl/N-ethyl adjacent to an activating group) is 1. The summed E-state index contributed by atoms with van der Waals surface area (Å²) in [4.78, 5) is 4.28. The van der Waals surface area contributed by atoms with Gasteiger partial charge in [0.2, 0.25) is 5.88 Å². The molecule has 2 aromatic heterocycles. The fourth-order valence-electron chi connectivity index (χ4n) is 2.55. The SMILES string of the molecule is CNC(Cc1ccc(OC)nc1)c1cccc2ccsc12. The Morgan fingerprint density at radius 3 is 2.86 bits per heavy atom. The number of aromatic nitrogens is 1. The molecule has 0 bridgehead atoms. The quantitative estimate of drug-likeness (QED) is 0.778. The Kier molecular flexibility index (Phi) is 4.18. The van der Waals surface area contributed by atoms with E-state index in [0.29, 0.717) is 5.88 Å². The number of hydrogen-bond donors (Lipinski definition) is 1. The van der Waals surface area contributed by atoms with Crippen molar-refractivity contribution >= 4 is 21.4 Å². The van der Waals surface area contributed by atoms with Crippen molar-refractivity contribution in [3.05, 3.63) is 59.1 Å². The lowest BCUT2D eigenvalue weighted by atomic mass is 9.99. The number of methoxy groups -OCH3 is 1. The molecule has 0 aliphatic rings. The van der Waals surface area contributed by atoms with Crippen LogP contribution in [0.2, 0.25) is 0 Å². The highest BCUT2D eigenvalue weighted by atomic mass is 32.1. The van der Waals surface area contributed by atoms with Crippen LogP contribution in [-0.2, 0) is 6.42 Å². The van der Waals surface area contributed by atoms with Gasteiger partial charge in [-0.25, -0.2) is 4.98 Å². The van der Waals surface area contributed by atoms with Crippen LogP contribution in [0.5, 0.6) is 5.88 Å². The van der Waals surface area contributed by atoms with Crippen LogP contribution in [0.4, 0.5) is 0 Å². The van der Waals surface area contributed by atoms with Crippen LogP contribution in [0.3, 0.4) is 0 Å². The van der Waals surface area contributed by atoms with Gasteiger partial charge in [-0.1, -0.05) is 24.3 Å². The highest BCUT2D eigenvalue weighted by molar-refractivity contribution is 7.17. The van der Waals surface area contributed by atoms with Crippen molar-refractivity contribution in [3.8, 4) is 5.88 Å². The third-order valence-corrected chi connectivity index (χ3v) is 4.66. The Morgan fingerprint density at radius 1 is 1.24 bits per heavy atom. The van der Waals surface area contributed by atoms with E-state index in [1.165, 1.54) is 21.2 Å². The molecule has 21 heavy (non-hydrogen) atoms. The number of fused-ring (bicyclic) bond motifs is 1. The van der Waals surface area contributed by atoms with Crippen molar-refractivity contribution in [2.75, 3.05) is 14.2 Å². The maximum Gasteiger partial charge on any atom is 0.212 e. The third-order valence-electron chi connectivity index (χ3n) is 3.68. The van der Waals surface area contributed by atoms with Crippen LogP contribution in [0.15, 0.2) is 48.0 Å². The zero-order valence-electron chi connectivity index (χ0n) is 12.2. The van der Waals surface area contributed by atoms with Gasteiger partial charge in [-0.05, 0) is 41.4 Å². The van der Waals surface area contributed by atoms with E-state index in [9.17, 15) is 0 Å². The van der Waals surface area contributed by atoms with Crippen molar-refractivity contribution in [2.24, 2.45) is 0 Å². The summed E-state index contributed by atoms with van der Waals surface area (Å²) in [5, 5.41) is 6.88. The number of hydrogen-bond acceptors (Lipinski definition) is 4. The molecule has 0 amide bonds. The van der Waals surface area contributed by atoms with Gasteiger partial charge in [-0.15, -0.1) is 11.3 Å². The second-order valence-electron chi connectivity index (χ2n) is 4.94. The van der Waals surface area contributed by atoms with Gasteiger partial charge in [0, 0.05) is 23.0 Å². The first-order valence-electron chi connectivity index (χ1n) is 6.94. The first kappa shape index (κ1) is 14.0. The predicted octanol–water partition coefficient (Wildman–Crippen LogP) is 3.81. The minimum absolute atomic E-state index is 0.280. The Balaban J connectivity index is 1.89. The predicted molar refractivity (Wildman–Crippen MR) is 88.1 cm³/mol. The standard InChI is InChI=1S/C17H18N2OS/c1-18-15(10-12-6-7-16(20-2)19-11-12)14-5-3-4-13-8-9-21-17(13)14/h3-9,11,15,18H,10H2,1-2H3. The smallest absolute Gasteiger partial charge is 0.212 e. The summed E-state index contributed by atoms with van der Waals surface area (Å²) in [6.45, 7) is 0. The molecule has 1 aromatic carbocycles. The number of nitrogens with zero attached hydrogens (tertiary/aromatic N) is 1. The number of rotatable bonds is 5. The molecule has 1 unspecified atom stereocenters. The van der Waals surface area contributed by atoms with Crippen LogP contribution in [0, 0.1) is 0 Å². The summed E-state index contributed by atoms with van der Waals surface area (Å²) in [6.07, 6.45) is 2.79. The first-order valence-corrected chi connectivity index (χ1v) is 7.82. The Labute approximate surface area is 128 Å². The monoisotopic (exact) mass is 298 g/mol. The number of ether oxygens (including phenoxy) is 1. The third kappa shape index (κ3) is 2.91. The summed E-state index contributed by atoms with van der Waals surface area (Å²) in [7, 11) is 3.64. The number of nitrogens with one attached hydrogen (secondary N) is 1. The summed E-state index contributed by atoms with van der Waals surface area (Å²) in [5.41, 5.74) is 2.55. The lowest BCUT2D eigenvalue weighted by Crippen LogP contribution is -2.19. The molecule has 3 rings (SSSR count). The average Bonchev–Trinajstić information content (AvgIpc) is 3.02. The topological polar surface area (TPSA) is 34.1 Å². The Morgan fingerprint density at radius 2 is 2.14 bits per heavy atom. The number of thiophene rings is 1. The van der Waals surface area contributed by atoms with Crippen molar-refractivity contribution in [1.82, 2.24) is 10.3 Å². The zero-order valence-corrected chi connectivity index (χ0v) is 13.0. The van der Waals surface area contributed by atoms with E-state index in [2.05, 4.69) is 46.0 Å². The molecule has 3 nitrogen and oxygen atoms in total. The summed E-state index contributed by atoms with van der Waals surface area (Å²) < 4.78 is 6.47. The van der Waals surface area contributed by atoms with E-state index in [0.717, 1.165) is 6.42 Å². The molecule has 0 radical (unpaired) electrons. The molecule has 0 saturated heterocycles. The molecular weight excluding hydrogens is 280 g/mol. The van der Waals surface area contributed by atoms with E-state index < -0.39 is 0 Å². The second-order valence-corrected chi connectivity index (χ2v) is 5.86. The molecule has 4 heteroatoms. The minimum atomic E-state index is 0.280. The molecule has 0 saturated carbocycles. The van der Waals surface area contributed by atoms with Crippen molar-refractivity contribution in [1.29, 1.82) is 0 Å². The van der Waals surface area contributed by atoms with Crippen LogP contribution < -0.4 is 10.1 Å². The van der Waals surface area contributed by atoms with E-state index in [4.69, 9.17) is 4.74 Å². The fourth-order valence-corrected chi connectivity index (χ4v) is 3.52. The highest BCUT2D eigenvalue weighted by Crippen LogP contribution is 2.30. The van der Waals surface area contributed by atoms with Gasteiger partial charge >= 0.3 is 0 Å². The van der Waals surface area contributed by atoms with E-state index in [1.807, 2.05) is 19.3 Å². The van der Waals surface area contributed by atoms with Crippen LogP contribution in [-0.4, -0.2) is 19.1 Å². The number of pyridine rings is 1. The largest absolute Gasteiger partial charge is 0.481 e. The maximum atomic E-state index is 5.11. The van der Waals surface area contributed by atoms with Crippen molar-refractivity contribution in [2.45, 2.75) is 12.5 Å². The second kappa shape index (κ2) is 6.24. The van der Waals surface area contributed by atoms with E-state index in [-0.39, 0.29) is 6.04 Å². The molecule has 0 aliphatic heterocycles. The molecule has 0 spiro atoms. The molecule has 0 fully saturated rings. The molecular formula is C17H18N2OS. The van der Waals surface area contributed by atoms with Gasteiger partial charge < -0.3 is 10.1 Å². The first-order chi connectivity index (χ1) is 10.3. The number of benzene rings is 1. The van der Waals surface area contributed by atoms with Gasteiger partial charge in [0.15, 0.2) is 0 Å². The Hall–Kier alpha value is -1.91. The molecule has 1 atom stereocenters. The lowest BCUT2D eigenvalue weighted by Gasteiger charge is -2.17. The highest BCUT2D eigenvalue weighted by Gasteiger charge is 2.14. The van der Waals surface area contributed by atoms with Gasteiger partial charge in [-0.3, -0.25) is 0 Å². The van der Waals surface area contributed by atoms with Crippen LogP contribution >= 0.6 is 11.3 Å². The van der Waals surface area contributed by atoms with Gasteiger partial charge in [0.25, 0.3) is 0 Å². The van der Waals surface area contributed by atoms with Gasteiger partial charge in [0.05, 0.1) is 7.11 Å². The lowest BCUT2D eigenvalue weighted by molar-refractivity contribution is 0.397. The van der Waals surface area contributed by atoms with Gasteiger partial charge in [0.1, 0.15) is 0 Å². The average molecular weight is 298 g/mol. The molecule has 108 valence electrons. The van der Waals surface area contributed by atoms with Crippen molar-refractivity contribution < 1.29 is 4.74 Å². The summed E-state index contributed by atoms with van der Waals surface area (Å²) in [6, 6.07) is 12.9. The normalized spacial score (nSPS) is 12.5. The van der Waals surface area contributed by atoms with Gasteiger partial charge in [-0.2, -0.15) is 0 Å². The minimum Gasteiger partial charge on any atom is -0.481 e. The Bertz CT molecular complexity index is 721. The molecule has 1 N–H and O–H groups in total. The summed E-state index contributed by atoms with van der Waals surface area (Å²) in [5.74, 6) is 0.653. The summed E-state index contributed by atoms with van der Waals surface area (Å²) >= 11 is 1.80. The van der Waals surface area contributed by atoms with Crippen LogP contribution in [0.1, 0.15) is 17.2 Å². The van der Waals surface area contributed by atoms with E-state index >= 15 is 0 Å². The van der Waals surface area contributed by atoms with E-state index in [1.54, 1.807) is 18.4 Å². The maximum absolute atomic E-state index is 5.11. The van der Waals surface area contributed by atoms with Crippen LogP contribution in [0.25, 0.3) is 10.1 Å². The zero-order chi connectivity index (χ0) is 14.7. The molecule has 3 aromatic rings. The molecule has 0 aliphatic carbocycles. The molecule has 2 heterocycles.